The Morgan fingerprint density at radius 2 is 1.61 bits per heavy atom. The molecule has 0 saturated carbocycles. The van der Waals surface area contributed by atoms with Gasteiger partial charge in [-0.15, -0.1) is 0 Å². The first kappa shape index (κ1) is 20.5. The van der Waals surface area contributed by atoms with Gasteiger partial charge >= 0.3 is 5.97 Å². The molecule has 0 unspecified atom stereocenters. The van der Waals surface area contributed by atoms with Gasteiger partial charge in [-0.1, -0.05) is 28.1 Å². The van der Waals surface area contributed by atoms with Gasteiger partial charge < -0.3 is 10.0 Å². The molecule has 2 aromatic carbocycles. The van der Waals surface area contributed by atoms with Gasteiger partial charge in [0.2, 0.25) is 0 Å². The SMILES string of the molecule is O=C(O)CC[C@H](c1ccc(F)cc1)N1CCN(C(=O)c2ccc(Br)cc2)CC1. The lowest BCUT2D eigenvalue weighted by Gasteiger charge is -2.39. The molecule has 7 heteroatoms. The van der Waals surface area contributed by atoms with Crippen LogP contribution in [0, 0.1) is 5.82 Å². The molecule has 0 aromatic heterocycles. The fourth-order valence-electron chi connectivity index (χ4n) is 3.52. The maximum Gasteiger partial charge on any atom is 0.303 e. The third-order valence-electron chi connectivity index (χ3n) is 5.02. The molecule has 1 atom stereocenters. The molecular weight excluding hydrogens is 427 g/mol. The number of amides is 1. The van der Waals surface area contributed by atoms with Gasteiger partial charge in [0, 0.05) is 48.7 Å². The van der Waals surface area contributed by atoms with Crippen LogP contribution in [-0.2, 0) is 4.79 Å². The summed E-state index contributed by atoms with van der Waals surface area (Å²) in [5, 5.41) is 9.08. The van der Waals surface area contributed by atoms with E-state index in [2.05, 4.69) is 20.8 Å². The Bertz CT molecular complexity index is 819. The summed E-state index contributed by atoms with van der Waals surface area (Å²) in [4.78, 5) is 27.7. The van der Waals surface area contributed by atoms with Crippen molar-refractivity contribution < 1.29 is 19.1 Å². The quantitative estimate of drug-likeness (QED) is 0.726. The smallest absolute Gasteiger partial charge is 0.303 e. The minimum atomic E-state index is -0.851. The molecule has 28 heavy (non-hydrogen) atoms. The lowest BCUT2D eigenvalue weighted by molar-refractivity contribution is -0.137. The van der Waals surface area contributed by atoms with Crippen molar-refractivity contribution in [2.75, 3.05) is 26.2 Å². The number of hydrogen-bond donors (Lipinski definition) is 1. The largest absolute Gasteiger partial charge is 0.481 e. The van der Waals surface area contributed by atoms with E-state index in [-0.39, 0.29) is 24.2 Å². The van der Waals surface area contributed by atoms with Gasteiger partial charge in [-0.25, -0.2) is 4.39 Å². The summed E-state index contributed by atoms with van der Waals surface area (Å²) in [5.74, 6) is -1.17. The number of nitrogens with zero attached hydrogens (tertiary/aromatic N) is 2. The van der Waals surface area contributed by atoms with Gasteiger partial charge in [-0.3, -0.25) is 14.5 Å². The third kappa shape index (κ3) is 5.17. The lowest BCUT2D eigenvalue weighted by Crippen LogP contribution is -2.49. The van der Waals surface area contributed by atoms with Crippen LogP contribution in [0.5, 0.6) is 0 Å². The van der Waals surface area contributed by atoms with E-state index in [0.29, 0.717) is 38.2 Å². The number of aliphatic carboxylic acids is 1. The molecule has 2 aromatic rings. The Morgan fingerprint density at radius 1 is 1.00 bits per heavy atom. The summed E-state index contributed by atoms with van der Waals surface area (Å²) in [6, 6.07) is 13.4. The van der Waals surface area contributed by atoms with E-state index >= 15 is 0 Å². The van der Waals surface area contributed by atoms with Crippen molar-refractivity contribution in [3.8, 4) is 0 Å². The summed E-state index contributed by atoms with van der Waals surface area (Å²) in [6.07, 6.45) is 0.488. The second kappa shape index (κ2) is 9.30. The van der Waals surface area contributed by atoms with Crippen LogP contribution in [0.15, 0.2) is 53.0 Å². The van der Waals surface area contributed by atoms with Crippen LogP contribution in [0.1, 0.15) is 34.8 Å². The molecule has 1 saturated heterocycles. The Kier molecular flexibility index (Phi) is 6.80. The van der Waals surface area contributed by atoms with Crippen molar-refractivity contribution in [2.24, 2.45) is 0 Å². The number of benzene rings is 2. The minimum absolute atomic E-state index is 0.00369. The highest BCUT2D eigenvalue weighted by Gasteiger charge is 2.28. The standard InChI is InChI=1S/C21H22BrFN2O3/c22-17-5-1-16(2-6-17)21(28)25-13-11-24(12-14-25)19(9-10-20(26)27)15-3-7-18(23)8-4-15/h1-8,19H,9-14H2,(H,26,27)/t19-/m1/s1. The van der Waals surface area contributed by atoms with E-state index < -0.39 is 5.97 Å². The average Bonchev–Trinajstić information content (AvgIpc) is 2.70. The Labute approximate surface area is 171 Å². The van der Waals surface area contributed by atoms with Crippen molar-refractivity contribution in [3.05, 3.63) is 69.9 Å². The predicted octanol–water partition coefficient (Wildman–Crippen LogP) is 3.95. The normalized spacial score (nSPS) is 16.0. The number of carboxylic acid groups (broad SMARTS) is 1. The first-order chi connectivity index (χ1) is 13.4. The zero-order valence-electron chi connectivity index (χ0n) is 15.4. The number of piperazine rings is 1. The summed E-state index contributed by atoms with van der Waals surface area (Å²) < 4.78 is 14.2. The zero-order valence-corrected chi connectivity index (χ0v) is 16.9. The highest BCUT2D eigenvalue weighted by molar-refractivity contribution is 9.10. The highest BCUT2D eigenvalue weighted by Crippen LogP contribution is 2.27. The average molecular weight is 449 g/mol. The topological polar surface area (TPSA) is 60.9 Å². The van der Waals surface area contributed by atoms with Crippen molar-refractivity contribution in [2.45, 2.75) is 18.9 Å². The van der Waals surface area contributed by atoms with Crippen LogP contribution >= 0.6 is 15.9 Å². The van der Waals surface area contributed by atoms with Crippen LogP contribution in [-0.4, -0.2) is 53.0 Å². The second-order valence-corrected chi connectivity index (χ2v) is 7.75. The highest BCUT2D eigenvalue weighted by atomic mass is 79.9. The number of hydrogen-bond acceptors (Lipinski definition) is 3. The summed E-state index contributed by atoms with van der Waals surface area (Å²) in [6.45, 7) is 2.42. The van der Waals surface area contributed by atoms with E-state index in [4.69, 9.17) is 5.11 Å². The monoisotopic (exact) mass is 448 g/mol. The van der Waals surface area contributed by atoms with Gasteiger partial charge in [0.25, 0.3) is 5.91 Å². The van der Waals surface area contributed by atoms with Gasteiger partial charge in [0.1, 0.15) is 5.82 Å². The number of rotatable bonds is 6. The summed E-state index contributed by atoms with van der Waals surface area (Å²) in [5.41, 5.74) is 1.55. The van der Waals surface area contributed by atoms with Crippen LogP contribution in [0.2, 0.25) is 0 Å². The van der Waals surface area contributed by atoms with Gasteiger partial charge in [-0.2, -0.15) is 0 Å². The molecule has 0 radical (unpaired) electrons. The molecule has 3 rings (SSSR count). The Hall–Kier alpha value is -2.25. The number of carbonyl (C=O) groups excluding carboxylic acids is 1. The summed E-state index contributed by atoms with van der Waals surface area (Å²) in [7, 11) is 0. The van der Waals surface area contributed by atoms with Crippen molar-refractivity contribution in [1.29, 1.82) is 0 Å². The van der Waals surface area contributed by atoms with E-state index in [1.54, 1.807) is 24.3 Å². The fourth-order valence-corrected chi connectivity index (χ4v) is 3.78. The van der Waals surface area contributed by atoms with Crippen LogP contribution in [0.3, 0.4) is 0 Å². The third-order valence-corrected chi connectivity index (χ3v) is 5.55. The number of carboxylic acids is 1. The first-order valence-corrected chi connectivity index (χ1v) is 9.99. The Balaban J connectivity index is 1.67. The van der Waals surface area contributed by atoms with E-state index in [1.807, 2.05) is 17.0 Å². The molecule has 5 nitrogen and oxygen atoms in total. The maximum absolute atomic E-state index is 13.3. The fraction of sp³-hybridized carbons (Fsp3) is 0.333. The first-order valence-electron chi connectivity index (χ1n) is 9.20. The van der Waals surface area contributed by atoms with Crippen molar-refractivity contribution in [3.63, 3.8) is 0 Å². The molecule has 1 fully saturated rings. The van der Waals surface area contributed by atoms with Crippen LogP contribution < -0.4 is 0 Å². The van der Waals surface area contributed by atoms with Crippen LogP contribution in [0.25, 0.3) is 0 Å². The molecule has 1 aliphatic rings. The van der Waals surface area contributed by atoms with E-state index in [0.717, 1.165) is 10.0 Å². The van der Waals surface area contributed by atoms with Gasteiger partial charge in [-0.05, 0) is 48.4 Å². The zero-order chi connectivity index (χ0) is 20.1. The second-order valence-electron chi connectivity index (χ2n) is 6.83. The lowest BCUT2D eigenvalue weighted by atomic mass is 9.99. The molecule has 1 heterocycles. The molecule has 1 N–H and O–H groups in total. The van der Waals surface area contributed by atoms with Crippen molar-refractivity contribution >= 4 is 27.8 Å². The van der Waals surface area contributed by atoms with Crippen molar-refractivity contribution in [1.82, 2.24) is 9.80 Å². The van der Waals surface area contributed by atoms with Gasteiger partial charge in [0.05, 0.1) is 0 Å². The van der Waals surface area contributed by atoms with Gasteiger partial charge in [0.15, 0.2) is 0 Å². The van der Waals surface area contributed by atoms with Crippen LogP contribution in [0.4, 0.5) is 4.39 Å². The number of carbonyl (C=O) groups is 2. The van der Waals surface area contributed by atoms with E-state index in [9.17, 15) is 14.0 Å². The molecule has 1 aliphatic heterocycles. The maximum atomic E-state index is 13.3. The van der Waals surface area contributed by atoms with E-state index in [1.165, 1.54) is 12.1 Å². The molecular formula is C21H22BrFN2O3. The number of halogens is 2. The summed E-state index contributed by atoms with van der Waals surface area (Å²) >= 11 is 3.37. The molecule has 148 valence electrons. The Morgan fingerprint density at radius 3 is 2.18 bits per heavy atom. The minimum Gasteiger partial charge on any atom is -0.481 e. The molecule has 0 aliphatic carbocycles. The molecule has 0 bridgehead atoms. The molecule has 0 spiro atoms. The molecule has 1 amide bonds. The predicted molar refractivity (Wildman–Crippen MR) is 108 cm³/mol.